The normalized spacial score (nSPS) is 18.2. The maximum Gasteiger partial charge on any atom is 0.338 e. The van der Waals surface area contributed by atoms with Crippen LogP contribution in [-0.2, 0) is 4.74 Å². The van der Waals surface area contributed by atoms with Gasteiger partial charge in [0.1, 0.15) is 0 Å². The highest BCUT2D eigenvalue weighted by molar-refractivity contribution is 7.80. The van der Waals surface area contributed by atoms with Crippen molar-refractivity contribution in [1.29, 1.82) is 0 Å². The van der Waals surface area contributed by atoms with Crippen molar-refractivity contribution in [1.82, 2.24) is 4.90 Å². The molecule has 0 aliphatic carbocycles. The third-order valence-electron chi connectivity index (χ3n) is 3.71. The number of hydrogen-bond donors (Lipinski definition) is 1. The number of thiocarbonyl (C=S) groups is 1. The molecule has 1 atom stereocenters. The van der Waals surface area contributed by atoms with Crippen LogP contribution in [0.15, 0.2) is 24.3 Å². The lowest BCUT2D eigenvalue weighted by Crippen LogP contribution is -2.44. The number of piperidine rings is 1. The van der Waals surface area contributed by atoms with E-state index in [4.69, 9.17) is 17.0 Å². The molecule has 1 saturated heterocycles. The van der Waals surface area contributed by atoms with Gasteiger partial charge in [-0.3, -0.25) is 0 Å². The lowest BCUT2D eigenvalue weighted by atomic mass is 10.0. The molecule has 2 rings (SSSR count). The highest BCUT2D eigenvalue weighted by Crippen LogP contribution is 2.18. The maximum atomic E-state index is 11.6. The Kier molecular flexibility index (Phi) is 5.56. The molecule has 1 aliphatic heterocycles. The first-order chi connectivity index (χ1) is 10.1. The number of benzene rings is 1. The van der Waals surface area contributed by atoms with E-state index in [0.717, 1.165) is 17.3 Å². The van der Waals surface area contributed by atoms with Crippen LogP contribution < -0.4 is 5.32 Å². The average molecular weight is 306 g/mol. The van der Waals surface area contributed by atoms with Crippen LogP contribution >= 0.6 is 12.2 Å². The molecule has 21 heavy (non-hydrogen) atoms. The van der Waals surface area contributed by atoms with Crippen molar-refractivity contribution in [2.45, 2.75) is 39.2 Å². The van der Waals surface area contributed by atoms with Crippen molar-refractivity contribution >= 4 is 29.0 Å². The van der Waals surface area contributed by atoms with Crippen LogP contribution in [0.1, 0.15) is 43.5 Å². The molecule has 0 spiro atoms. The molecule has 114 valence electrons. The molecule has 1 fully saturated rings. The molecular formula is C16H22N2O2S. The van der Waals surface area contributed by atoms with E-state index in [-0.39, 0.29) is 5.97 Å². The van der Waals surface area contributed by atoms with Gasteiger partial charge in [0.15, 0.2) is 5.11 Å². The van der Waals surface area contributed by atoms with Crippen LogP contribution in [-0.4, -0.2) is 35.2 Å². The number of ether oxygens (including phenoxy) is 1. The number of rotatable bonds is 3. The van der Waals surface area contributed by atoms with Crippen molar-refractivity contribution in [3.63, 3.8) is 0 Å². The number of carbonyl (C=O) groups is 1. The van der Waals surface area contributed by atoms with Crippen LogP contribution in [0.4, 0.5) is 5.69 Å². The predicted molar refractivity (Wildman–Crippen MR) is 88.6 cm³/mol. The summed E-state index contributed by atoms with van der Waals surface area (Å²) in [6.45, 7) is 5.40. The smallest absolute Gasteiger partial charge is 0.338 e. The number of nitrogens with one attached hydrogen (secondary N) is 1. The highest BCUT2D eigenvalue weighted by atomic mass is 32.1. The highest BCUT2D eigenvalue weighted by Gasteiger charge is 2.20. The lowest BCUT2D eigenvalue weighted by Gasteiger charge is -2.35. The molecule has 1 unspecified atom stereocenters. The van der Waals surface area contributed by atoms with E-state index in [1.165, 1.54) is 19.3 Å². The van der Waals surface area contributed by atoms with Crippen molar-refractivity contribution in [3.05, 3.63) is 29.8 Å². The summed E-state index contributed by atoms with van der Waals surface area (Å²) in [6, 6.07) is 7.70. The first-order valence-electron chi connectivity index (χ1n) is 7.46. The molecule has 4 nitrogen and oxygen atoms in total. The zero-order chi connectivity index (χ0) is 15.2. The Morgan fingerprint density at radius 2 is 2.10 bits per heavy atom. The minimum atomic E-state index is -0.295. The first kappa shape index (κ1) is 15.8. The minimum Gasteiger partial charge on any atom is -0.462 e. The minimum absolute atomic E-state index is 0.295. The Balaban J connectivity index is 1.96. The fourth-order valence-electron chi connectivity index (χ4n) is 2.50. The number of carbonyl (C=O) groups excluding carboxylic acids is 1. The lowest BCUT2D eigenvalue weighted by molar-refractivity contribution is 0.0526. The topological polar surface area (TPSA) is 41.6 Å². The first-order valence-corrected chi connectivity index (χ1v) is 7.87. The Bertz CT molecular complexity index is 502. The molecule has 0 saturated carbocycles. The molecule has 0 amide bonds. The van der Waals surface area contributed by atoms with E-state index in [1.54, 1.807) is 19.1 Å². The quantitative estimate of drug-likeness (QED) is 0.684. The van der Waals surface area contributed by atoms with Gasteiger partial charge in [-0.25, -0.2) is 4.79 Å². The maximum absolute atomic E-state index is 11.6. The average Bonchev–Trinajstić information content (AvgIpc) is 2.48. The summed E-state index contributed by atoms with van der Waals surface area (Å²) < 4.78 is 4.96. The Hall–Kier alpha value is -1.62. The molecule has 1 aromatic carbocycles. The van der Waals surface area contributed by atoms with Crippen LogP contribution in [0.3, 0.4) is 0 Å². The molecule has 5 heteroatoms. The summed E-state index contributed by atoms with van der Waals surface area (Å²) in [5, 5.41) is 4.00. The third kappa shape index (κ3) is 4.17. The Labute approximate surface area is 131 Å². The van der Waals surface area contributed by atoms with Gasteiger partial charge >= 0.3 is 5.97 Å². The number of nitrogens with zero attached hydrogens (tertiary/aromatic N) is 1. The second-order valence-corrected chi connectivity index (χ2v) is 5.65. The van der Waals surface area contributed by atoms with Crippen molar-refractivity contribution in [3.8, 4) is 0 Å². The number of hydrogen-bond acceptors (Lipinski definition) is 3. The standard InChI is InChI=1S/C16H22N2O2S/c1-3-20-15(19)13-7-9-14(10-8-13)17-16(21)18-11-5-4-6-12(18)2/h7-10,12H,3-6,11H2,1-2H3,(H,17,21). The van der Waals surface area contributed by atoms with E-state index in [9.17, 15) is 4.79 Å². The van der Waals surface area contributed by atoms with Crippen molar-refractivity contribution in [2.75, 3.05) is 18.5 Å². The van der Waals surface area contributed by atoms with Crippen LogP contribution in [0.5, 0.6) is 0 Å². The zero-order valence-corrected chi connectivity index (χ0v) is 13.4. The SMILES string of the molecule is CCOC(=O)c1ccc(NC(=S)N2CCCCC2C)cc1. The number of esters is 1. The summed E-state index contributed by atoms with van der Waals surface area (Å²) in [6.07, 6.45) is 3.64. The molecule has 0 bridgehead atoms. The summed E-state index contributed by atoms with van der Waals surface area (Å²) in [7, 11) is 0. The van der Waals surface area contributed by atoms with Gasteiger partial charge < -0.3 is 15.0 Å². The zero-order valence-electron chi connectivity index (χ0n) is 12.6. The van der Waals surface area contributed by atoms with Crippen molar-refractivity contribution < 1.29 is 9.53 Å². The largest absolute Gasteiger partial charge is 0.462 e. The molecule has 1 aliphatic rings. The van der Waals surface area contributed by atoms with Crippen LogP contribution in [0, 0.1) is 0 Å². The van der Waals surface area contributed by atoms with E-state index in [2.05, 4.69) is 17.1 Å². The molecule has 0 radical (unpaired) electrons. The van der Waals surface area contributed by atoms with Crippen LogP contribution in [0.25, 0.3) is 0 Å². The van der Waals surface area contributed by atoms with E-state index >= 15 is 0 Å². The molecule has 0 aromatic heterocycles. The fourth-order valence-corrected chi connectivity index (χ4v) is 2.89. The third-order valence-corrected chi connectivity index (χ3v) is 4.05. The summed E-state index contributed by atoms with van der Waals surface area (Å²) in [5.74, 6) is -0.295. The van der Waals surface area contributed by atoms with Crippen molar-refractivity contribution in [2.24, 2.45) is 0 Å². The summed E-state index contributed by atoms with van der Waals surface area (Å²) in [4.78, 5) is 13.8. The van der Waals surface area contributed by atoms with Gasteiger partial charge in [0.2, 0.25) is 0 Å². The van der Waals surface area contributed by atoms with Gasteiger partial charge in [-0.15, -0.1) is 0 Å². The van der Waals surface area contributed by atoms with Crippen LogP contribution in [0.2, 0.25) is 0 Å². The summed E-state index contributed by atoms with van der Waals surface area (Å²) in [5.41, 5.74) is 1.45. The molecule has 1 aromatic rings. The predicted octanol–water partition coefficient (Wildman–Crippen LogP) is 3.43. The van der Waals surface area contributed by atoms with Gasteiger partial charge in [0.05, 0.1) is 12.2 Å². The summed E-state index contributed by atoms with van der Waals surface area (Å²) >= 11 is 5.48. The second kappa shape index (κ2) is 7.41. The Morgan fingerprint density at radius 1 is 1.38 bits per heavy atom. The van der Waals surface area contributed by atoms with E-state index in [1.807, 2.05) is 12.1 Å². The van der Waals surface area contributed by atoms with Gasteiger partial charge in [-0.2, -0.15) is 0 Å². The monoisotopic (exact) mass is 306 g/mol. The molecule has 1 N–H and O–H groups in total. The molecular weight excluding hydrogens is 284 g/mol. The number of anilines is 1. The van der Waals surface area contributed by atoms with E-state index < -0.39 is 0 Å². The van der Waals surface area contributed by atoms with Gasteiger partial charge in [0.25, 0.3) is 0 Å². The van der Waals surface area contributed by atoms with E-state index in [0.29, 0.717) is 18.2 Å². The Morgan fingerprint density at radius 3 is 2.71 bits per heavy atom. The van der Waals surface area contributed by atoms with Gasteiger partial charge in [-0.1, -0.05) is 0 Å². The van der Waals surface area contributed by atoms with Gasteiger partial charge in [-0.05, 0) is 69.6 Å². The second-order valence-electron chi connectivity index (χ2n) is 5.27. The fraction of sp³-hybridized carbons (Fsp3) is 0.500. The van der Waals surface area contributed by atoms with Gasteiger partial charge in [0, 0.05) is 18.3 Å². The molecule has 1 heterocycles. The number of likely N-dealkylation sites (tertiary alicyclic amines) is 1.